The highest BCUT2D eigenvalue weighted by molar-refractivity contribution is 5.59. The van der Waals surface area contributed by atoms with Crippen LogP contribution in [0.3, 0.4) is 0 Å². The second-order valence-electron chi connectivity index (χ2n) is 5.23. The summed E-state index contributed by atoms with van der Waals surface area (Å²) < 4.78 is 26.1. The minimum Gasteiger partial charge on any atom is -0.385 e. The summed E-state index contributed by atoms with van der Waals surface area (Å²) in [6.45, 7) is 1.01. The van der Waals surface area contributed by atoms with Crippen molar-refractivity contribution in [1.29, 1.82) is 0 Å². The summed E-state index contributed by atoms with van der Waals surface area (Å²) in [6, 6.07) is 10.5. The molecule has 0 amide bonds. The Balaban J connectivity index is 1.76. The number of hydrogen-bond acceptors (Lipinski definition) is 1. The number of aryl methyl sites for hydroxylation is 3. The lowest BCUT2D eigenvalue weighted by molar-refractivity contribution is 0.507. The molecule has 0 aliphatic carbocycles. The molecule has 2 aromatic rings. The van der Waals surface area contributed by atoms with E-state index in [1.54, 1.807) is 6.07 Å². The summed E-state index contributed by atoms with van der Waals surface area (Å²) >= 11 is 0. The zero-order valence-corrected chi connectivity index (χ0v) is 11.3. The van der Waals surface area contributed by atoms with E-state index in [0.29, 0.717) is 0 Å². The molecule has 0 bridgehead atoms. The molecule has 1 aliphatic rings. The Morgan fingerprint density at radius 1 is 1.00 bits per heavy atom. The highest BCUT2D eigenvalue weighted by Crippen LogP contribution is 2.27. The number of nitrogens with one attached hydrogen (secondary N) is 1. The van der Waals surface area contributed by atoms with E-state index in [0.717, 1.165) is 31.4 Å². The number of fused-ring (bicyclic) bond motifs is 1. The lowest BCUT2D eigenvalue weighted by Crippen LogP contribution is -2.14. The molecule has 1 nitrogen and oxygen atoms in total. The fraction of sp³-hybridized carbons (Fsp3) is 0.294. The van der Waals surface area contributed by atoms with E-state index >= 15 is 0 Å². The van der Waals surface area contributed by atoms with Gasteiger partial charge in [0.05, 0.1) is 0 Å². The summed E-state index contributed by atoms with van der Waals surface area (Å²) in [5.74, 6) is -1.55. The first kappa shape index (κ1) is 13.1. The van der Waals surface area contributed by atoms with Crippen LogP contribution in [0.5, 0.6) is 0 Å². The number of hydrogen-bond donors (Lipinski definition) is 1. The van der Waals surface area contributed by atoms with Gasteiger partial charge in [-0.2, -0.15) is 0 Å². The maximum absolute atomic E-state index is 13.2. The average Bonchev–Trinajstić information content (AvgIpc) is 2.48. The minimum atomic E-state index is -0.785. The van der Waals surface area contributed by atoms with E-state index < -0.39 is 11.6 Å². The molecular formula is C17H17F2N. The highest BCUT2D eigenvalue weighted by Gasteiger charge is 2.12. The van der Waals surface area contributed by atoms with Crippen LogP contribution in [0.4, 0.5) is 14.5 Å². The molecule has 3 heteroatoms. The van der Waals surface area contributed by atoms with Crippen molar-refractivity contribution < 1.29 is 8.78 Å². The van der Waals surface area contributed by atoms with E-state index in [4.69, 9.17) is 0 Å². The molecule has 0 fully saturated rings. The maximum atomic E-state index is 13.2. The number of anilines is 1. The number of rotatable bonds is 3. The van der Waals surface area contributed by atoms with Gasteiger partial charge >= 0.3 is 0 Å². The predicted octanol–water partition coefficient (Wildman–Crippen LogP) is 4.11. The van der Waals surface area contributed by atoms with Gasteiger partial charge in [-0.05, 0) is 54.5 Å². The number of para-hydroxylation sites is 1. The van der Waals surface area contributed by atoms with Gasteiger partial charge in [0.25, 0.3) is 0 Å². The van der Waals surface area contributed by atoms with E-state index in [9.17, 15) is 8.78 Å². The smallest absolute Gasteiger partial charge is 0.159 e. The molecule has 20 heavy (non-hydrogen) atoms. The van der Waals surface area contributed by atoms with Gasteiger partial charge in [0.15, 0.2) is 11.6 Å². The Morgan fingerprint density at radius 3 is 2.75 bits per heavy atom. The quantitative estimate of drug-likeness (QED) is 0.887. The van der Waals surface area contributed by atoms with Gasteiger partial charge < -0.3 is 5.32 Å². The minimum absolute atomic E-state index is 0.718. The van der Waals surface area contributed by atoms with Crippen LogP contribution in [0.2, 0.25) is 0 Å². The van der Waals surface area contributed by atoms with E-state index in [-0.39, 0.29) is 0 Å². The van der Waals surface area contributed by atoms with Gasteiger partial charge in [-0.25, -0.2) is 8.78 Å². The molecule has 0 unspecified atom stereocenters. The van der Waals surface area contributed by atoms with E-state index in [1.165, 1.54) is 35.4 Å². The van der Waals surface area contributed by atoms with Crippen LogP contribution in [0, 0.1) is 11.6 Å². The number of halogens is 2. The van der Waals surface area contributed by atoms with Crippen molar-refractivity contribution in [2.24, 2.45) is 0 Å². The summed E-state index contributed by atoms with van der Waals surface area (Å²) in [4.78, 5) is 0. The van der Waals surface area contributed by atoms with Gasteiger partial charge in [-0.15, -0.1) is 0 Å². The molecule has 2 aromatic carbocycles. The third-order valence-electron chi connectivity index (χ3n) is 3.83. The van der Waals surface area contributed by atoms with Crippen LogP contribution in [0.1, 0.15) is 23.1 Å². The summed E-state index contributed by atoms with van der Waals surface area (Å²) in [5.41, 5.74) is 4.68. The second kappa shape index (κ2) is 5.61. The monoisotopic (exact) mass is 273 g/mol. The Hall–Kier alpha value is -1.90. The molecule has 0 atom stereocenters. The molecule has 0 aromatic heterocycles. The molecule has 0 spiro atoms. The first-order chi connectivity index (χ1) is 9.74. The number of benzene rings is 2. The van der Waals surface area contributed by atoms with Crippen molar-refractivity contribution >= 4 is 5.69 Å². The Labute approximate surface area is 117 Å². The van der Waals surface area contributed by atoms with Crippen molar-refractivity contribution in [1.82, 2.24) is 0 Å². The second-order valence-corrected chi connectivity index (χ2v) is 5.23. The van der Waals surface area contributed by atoms with E-state index in [1.807, 2.05) is 0 Å². The molecule has 1 N–H and O–H groups in total. The first-order valence-corrected chi connectivity index (χ1v) is 7.02. The molecule has 104 valence electrons. The molecule has 1 aliphatic heterocycles. The van der Waals surface area contributed by atoms with E-state index in [2.05, 4.69) is 23.5 Å². The molecular weight excluding hydrogens is 256 g/mol. The van der Waals surface area contributed by atoms with Crippen LogP contribution in [0.25, 0.3) is 0 Å². The Bertz CT molecular complexity index is 622. The topological polar surface area (TPSA) is 12.0 Å². The van der Waals surface area contributed by atoms with Gasteiger partial charge in [0.2, 0.25) is 0 Å². The molecule has 3 rings (SSSR count). The average molecular weight is 273 g/mol. The summed E-state index contributed by atoms with van der Waals surface area (Å²) in [6.07, 6.45) is 3.83. The lowest BCUT2D eigenvalue weighted by atomic mass is 9.96. The largest absolute Gasteiger partial charge is 0.385 e. The van der Waals surface area contributed by atoms with Gasteiger partial charge in [-0.1, -0.05) is 24.3 Å². The molecule has 0 saturated carbocycles. The zero-order chi connectivity index (χ0) is 13.9. The first-order valence-electron chi connectivity index (χ1n) is 7.02. The normalized spacial score (nSPS) is 13.7. The lowest BCUT2D eigenvalue weighted by Gasteiger charge is -2.21. The highest BCUT2D eigenvalue weighted by atomic mass is 19.2. The van der Waals surface area contributed by atoms with Gasteiger partial charge in [-0.3, -0.25) is 0 Å². The van der Waals surface area contributed by atoms with Crippen molar-refractivity contribution in [2.75, 3.05) is 11.9 Å². The van der Waals surface area contributed by atoms with Crippen LogP contribution in [-0.2, 0) is 19.3 Å². The van der Waals surface area contributed by atoms with Gasteiger partial charge in [0.1, 0.15) is 0 Å². The predicted molar refractivity (Wildman–Crippen MR) is 77.0 cm³/mol. The van der Waals surface area contributed by atoms with Gasteiger partial charge in [0, 0.05) is 12.2 Å². The van der Waals surface area contributed by atoms with Crippen LogP contribution < -0.4 is 5.32 Å². The Kier molecular flexibility index (Phi) is 3.68. The molecule has 0 saturated heterocycles. The fourth-order valence-electron chi connectivity index (χ4n) is 2.76. The summed E-state index contributed by atoms with van der Waals surface area (Å²) in [7, 11) is 0. The maximum Gasteiger partial charge on any atom is 0.159 e. The zero-order valence-electron chi connectivity index (χ0n) is 11.3. The summed E-state index contributed by atoms with van der Waals surface area (Å²) in [5, 5.41) is 3.45. The third kappa shape index (κ3) is 2.67. The SMILES string of the molecule is Fc1ccc(CCc2cccc3c2NCCC3)cc1F. The molecule has 1 heterocycles. The third-order valence-corrected chi connectivity index (χ3v) is 3.83. The standard InChI is InChI=1S/C17H17F2N/c18-15-9-7-12(11-16(15)19)6-8-14-4-1-3-13-5-2-10-20-17(13)14/h1,3-4,7,9,11,20H,2,5-6,8,10H2. The van der Waals surface area contributed by atoms with Crippen LogP contribution in [0.15, 0.2) is 36.4 Å². The van der Waals surface area contributed by atoms with Crippen molar-refractivity contribution in [2.45, 2.75) is 25.7 Å². The van der Waals surface area contributed by atoms with Crippen molar-refractivity contribution in [3.63, 3.8) is 0 Å². The fourth-order valence-corrected chi connectivity index (χ4v) is 2.76. The Morgan fingerprint density at radius 2 is 1.90 bits per heavy atom. The van der Waals surface area contributed by atoms with Crippen LogP contribution >= 0.6 is 0 Å². The van der Waals surface area contributed by atoms with Crippen molar-refractivity contribution in [3.8, 4) is 0 Å². The van der Waals surface area contributed by atoms with Crippen molar-refractivity contribution in [3.05, 3.63) is 64.7 Å². The van der Waals surface area contributed by atoms with Crippen LogP contribution in [-0.4, -0.2) is 6.54 Å². The molecule has 0 radical (unpaired) electrons.